The smallest absolute Gasteiger partial charge is 0.239 e. The van der Waals surface area contributed by atoms with E-state index >= 15 is 0 Å². The first kappa shape index (κ1) is 17.1. The van der Waals surface area contributed by atoms with Crippen LogP contribution in [0, 0.1) is 0 Å². The fourth-order valence-electron chi connectivity index (χ4n) is 1.96. The van der Waals surface area contributed by atoms with Crippen molar-refractivity contribution in [3.05, 3.63) is 12.7 Å². The number of likely N-dealkylation sites (N-methyl/N-ethyl adjacent to an activating group) is 1. The molecule has 1 atom stereocenters. The third-order valence-corrected chi connectivity index (χ3v) is 3.23. The molecule has 2 N–H and O–H groups in total. The first-order chi connectivity index (χ1) is 8.60. The van der Waals surface area contributed by atoms with E-state index in [0.717, 1.165) is 39.1 Å². The van der Waals surface area contributed by atoms with Gasteiger partial charge in [-0.05, 0) is 39.4 Å². The molecule has 0 aromatic carbocycles. The number of nitrogens with zero attached hydrogens (tertiary/aromatic N) is 2. The van der Waals surface area contributed by atoms with E-state index in [2.05, 4.69) is 25.3 Å². The Labute approximate surface area is 112 Å². The van der Waals surface area contributed by atoms with Gasteiger partial charge in [-0.3, -0.25) is 4.79 Å². The summed E-state index contributed by atoms with van der Waals surface area (Å²) < 4.78 is 0. The van der Waals surface area contributed by atoms with E-state index in [1.165, 1.54) is 0 Å². The number of carbonyl (C=O) groups excluding carboxylic acids is 1. The van der Waals surface area contributed by atoms with Crippen LogP contribution >= 0.6 is 0 Å². The van der Waals surface area contributed by atoms with Crippen molar-refractivity contribution in [2.24, 2.45) is 5.73 Å². The molecule has 0 aliphatic heterocycles. The van der Waals surface area contributed by atoms with E-state index in [9.17, 15) is 4.79 Å². The highest BCUT2D eigenvalue weighted by Gasteiger charge is 2.18. The number of rotatable bonds is 10. The molecule has 0 bridgehead atoms. The zero-order valence-electron chi connectivity index (χ0n) is 12.2. The summed E-state index contributed by atoms with van der Waals surface area (Å²) in [4.78, 5) is 16.2. The summed E-state index contributed by atoms with van der Waals surface area (Å²) in [5, 5.41) is 0. The van der Waals surface area contributed by atoms with Gasteiger partial charge in [-0.2, -0.15) is 0 Å². The highest BCUT2D eigenvalue weighted by molar-refractivity contribution is 5.81. The molecule has 4 heteroatoms. The number of amides is 1. The Morgan fingerprint density at radius 3 is 2.28 bits per heavy atom. The molecule has 0 spiro atoms. The van der Waals surface area contributed by atoms with Gasteiger partial charge in [0.2, 0.25) is 5.91 Å². The molecule has 18 heavy (non-hydrogen) atoms. The molecule has 0 saturated heterocycles. The Balaban J connectivity index is 4.10. The molecule has 0 aliphatic rings. The monoisotopic (exact) mass is 255 g/mol. The van der Waals surface area contributed by atoms with Crippen LogP contribution in [0.25, 0.3) is 0 Å². The lowest BCUT2D eigenvalue weighted by atomic mass is 10.2. The molecule has 1 unspecified atom stereocenters. The average molecular weight is 255 g/mol. The van der Waals surface area contributed by atoms with Crippen LogP contribution in [0.15, 0.2) is 12.7 Å². The van der Waals surface area contributed by atoms with E-state index in [1.807, 2.05) is 11.8 Å². The molecular formula is C14H29N3O. The third-order valence-electron chi connectivity index (χ3n) is 3.23. The maximum atomic E-state index is 12.0. The maximum Gasteiger partial charge on any atom is 0.239 e. The Morgan fingerprint density at radius 1 is 1.22 bits per heavy atom. The SMILES string of the molecule is C=CCC(N)C(=O)N(CC)CCCN(CC)CC. The number of hydrogen-bond acceptors (Lipinski definition) is 3. The molecule has 0 aromatic heterocycles. The quantitative estimate of drug-likeness (QED) is 0.601. The van der Waals surface area contributed by atoms with Crippen LogP contribution in [0.1, 0.15) is 33.6 Å². The summed E-state index contributed by atoms with van der Waals surface area (Å²) in [5.41, 5.74) is 5.82. The summed E-state index contributed by atoms with van der Waals surface area (Å²) in [5.74, 6) is 0.0388. The van der Waals surface area contributed by atoms with Gasteiger partial charge in [-0.15, -0.1) is 6.58 Å². The fraction of sp³-hybridized carbons (Fsp3) is 0.786. The van der Waals surface area contributed by atoms with E-state index in [0.29, 0.717) is 6.42 Å². The highest BCUT2D eigenvalue weighted by Crippen LogP contribution is 2.01. The van der Waals surface area contributed by atoms with Crippen molar-refractivity contribution in [3.63, 3.8) is 0 Å². The predicted molar refractivity (Wildman–Crippen MR) is 77.4 cm³/mol. The van der Waals surface area contributed by atoms with Gasteiger partial charge < -0.3 is 15.5 Å². The van der Waals surface area contributed by atoms with Crippen molar-refractivity contribution in [1.82, 2.24) is 9.80 Å². The minimum absolute atomic E-state index is 0.0388. The van der Waals surface area contributed by atoms with Crippen LogP contribution in [0.5, 0.6) is 0 Å². The predicted octanol–water partition coefficient (Wildman–Crippen LogP) is 1.47. The molecule has 0 aliphatic carbocycles. The molecule has 106 valence electrons. The molecule has 0 fully saturated rings. The molecule has 0 aromatic rings. The van der Waals surface area contributed by atoms with Gasteiger partial charge in [0, 0.05) is 13.1 Å². The Hall–Kier alpha value is -0.870. The van der Waals surface area contributed by atoms with Crippen molar-refractivity contribution in [2.45, 2.75) is 39.7 Å². The summed E-state index contributed by atoms with van der Waals surface area (Å²) in [7, 11) is 0. The van der Waals surface area contributed by atoms with Gasteiger partial charge in [0.05, 0.1) is 6.04 Å². The largest absolute Gasteiger partial charge is 0.342 e. The standard InChI is InChI=1S/C14H29N3O/c1-5-10-13(15)14(18)17(8-4)12-9-11-16(6-2)7-3/h5,13H,1,6-12,15H2,2-4H3. The molecule has 4 nitrogen and oxygen atoms in total. The van der Waals surface area contributed by atoms with Gasteiger partial charge in [0.25, 0.3) is 0 Å². The average Bonchev–Trinajstić information content (AvgIpc) is 2.39. The summed E-state index contributed by atoms with van der Waals surface area (Å²) in [6, 6.07) is -0.434. The van der Waals surface area contributed by atoms with Crippen molar-refractivity contribution < 1.29 is 4.79 Å². The van der Waals surface area contributed by atoms with E-state index in [1.54, 1.807) is 6.08 Å². The minimum Gasteiger partial charge on any atom is -0.342 e. The molecular weight excluding hydrogens is 226 g/mol. The van der Waals surface area contributed by atoms with Crippen LogP contribution in [-0.4, -0.2) is 54.5 Å². The van der Waals surface area contributed by atoms with Gasteiger partial charge in [0.1, 0.15) is 0 Å². The molecule has 0 radical (unpaired) electrons. The van der Waals surface area contributed by atoms with Crippen molar-refractivity contribution in [2.75, 3.05) is 32.7 Å². The van der Waals surface area contributed by atoms with E-state index < -0.39 is 6.04 Å². The summed E-state index contributed by atoms with van der Waals surface area (Å²) in [6.45, 7) is 14.6. The third kappa shape index (κ3) is 6.17. The lowest BCUT2D eigenvalue weighted by Crippen LogP contribution is -2.44. The first-order valence-corrected chi connectivity index (χ1v) is 6.98. The second-order valence-corrected chi connectivity index (χ2v) is 4.43. The summed E-state index contributed by atoms with van der Waals surface area (Å²) >= 11 is 0. The highest BCUT2D eigenvalue weighted by atomic mass is 16.2. The second-order valence-electron chi connectivity index (χ2n) is 4.43. The molecule has 0 heterocycles. The van der Waals surface area contributed by atoms with E-state index in [4.69, 9.17) is 5.73 Å². The lowest BCUT2D eigenvalue weighted by molar-refractivity contribution is -0.132. The van der Waals surface area contributed by atoms with Gasteiger partial charge in [-0.25, -0.2) is 0 Å². The minimum atomic E-state index is -0.434. The van der Waals surface area contributed by atoms with Crippen LogP contribution in [0.4, 0.5) is 0 Å². The number of hydrogen-bond donors (Lipinski definition) is 1. The lowest BCUT2D eigenvalue weighted by Gasteiger charge is -2.25. The van der Waals surface area contributed by atoms with Gasteiger partial charge in [-0.1, -0.05) is 19.9 Å². The van der Waals surface area contributed by atoms with Crippen molar-refractivity contribution >= 4 is 5.91 Å². The topological polar surface area (TPSA) is 49.6 Å². The van der Waals surface area contributed by atoms with Gasteiger partial charge >= 0.3 is 0 Å². The Morgan fingerprint density at radius 2 is 1.83 bits per heavy atom. The van der Waals surface area contributed by atoms with E-state index in [-0.39, 0.29) is 5.91 Å². The van der Waals surface area contributed by atoms with Crippen molar-refractivity contribution in [3.8, 4) is 0 Å². The first-order valence-electron chi connectivity index (χ1n) is 6.98. The van der Waals surface area contributed by atoms with Crippen LogP contribution in [0.3, 0.4) is 0 Å². The Kier molecular flexibility index (Phi) is 9.60. The zero-order valence-corrected chi connectivity index (χ0v) is 12.2. The normalized spacial score (nSPS) is 12.5. The number of nitrogens with two attached hydrogens (primary N) is 1. The second kappa shape index (κ2) is 10.1. The van der Waals surface area contributed by atoms with Gasteiger partial charge in [0.15, 0.2) is 0 Å². The number of carbonyl (C=O) groups is 1. The van der Waals surface area contributed by atoms with Crippen LogP contribution in [-0.2, 0) is 4.79 Å². The Bertz CT molecular complexity index is 239. The van der Waals surface area contributed by atoms with Crippen LogP contribution < -0.4 is 5.73 Å². The molecule has 1 amide bonds. The van der Waals surface area contributed by atoms with Crippen LogP contribution in [0.2, 0.25) is 0 Å². The molecule has 0 rings (SSSR count). The fourth-order valence-corrected chi connectivity index (χ4v) is 1.96. The molecule has 0 saturated carbocycles. The zero-order chi connectivity index (χ0) is 14.0. The van der Waals surface area contributed by atoms with Crippen molar-refractivity contribution in [1.29, 1.82) is 0 Å². The maximum absolute atomic E-state index is 12.0. The summed E-state index contributed by atoms with van der Waals surface area (Å²) in [6.07, 6.45) is 3.25.